The molecule has 4 aromatic rings. The number of hydrogen-bond acceptors (Lipinski definition) is 2. The molecule has 0 fully saturated rings. The SMILES string of the molecule is C=CCn1c2ccccc2n2nc(C)c(C(=O)/C=C/c3ccc(Br)cc3)c12. The summed E-state index contributed by atoms with van der Waals surface area (Å²) in [4.78, 5) is 13.0. The predicted molar refractivity (Wildman–Crippen MR) is 113 cm³/mol. The number of halogens is 1. The molecule has 27 heavy (non-hydrogen) atoms. The molecule has 0 radical (unpaired) electrons. The largest absolute Gasteiger partial charge is 0.320 e. The van der Waals surface area contributed by atoms with E-state index in [1.165, 1.54) is 0 Å². The minimum absolute atomic E-state index is 0.0569. The number of ketones is 1. The van der Waals surface area contributed by atoms with Gasteiger partial charge in [0.15, 0.2) is 5.78 Å². The smallest absolute Gasteiger partial charge is 0.191 e. The Morgan fingerprint density at radius 3 is 2.56 bits per heavy atom. The molecule has 2 heterocycles. The van der Waals surface area contributed by atoms with Gasteiger partial charge in [-0.2, -0.15) is 5.10 Å². The van der Waals surface area contributed by atoms with E-state index >= 15 is 0 Å². The number of hydrogen-bond donors (Lipinski definition) is 0. The topological polar surface area (TPSA) is 39.3 Å². The summed E-state index contributed by atoms with van der Waals surface area (Å²) in [6.07, 6.45) is 5.28. The second-order valence-corrected chi connectivity index (χ2v) is 7.25. The molecule has 0 saturated heterocycles. The summed E-state index contributed by atoms with van der Waals surface area (Å²) in [5, 5.41) is 4.63. The molecule has 0 saturated carbocycles. The Morgan fingerprint density at radius 1 is 1.15 bits per heavy atom. The molecule has 4 nitrogen and oxygen atoms in total. The van der Waals surface area contributed by atoms with E-state index in [-0.39, 0.29) is 5.78 Å². The van der Waals surface area contributed by atoms with E-state index in [9.17, 15) is 4.79 Å². The van der Waals surface area contributed by atoms with Crippen molar-refractivity contribution in [1.82, 2.24) is 14.2 Å². The minimum Gasteiger partial charge on any atom is -0.320 e. The van der Waals surface area contributed by atoms with Crippen LogP contribution in [-0.2, 0) is 6.54 Å². The lowest BCUT2D eigenvalue weighted by Crippen LogP contribution is -2.02. The van der Waals surface area contributed by atoms with E-state index in [4.69, 9.17) is 0 Å². The summed E-state index contributed by atoms with van der Waals surface area (Å²) in [6, 6.07) is 15.8. The maximum Gasteiger partial charge on any atom is 0.191 e. The van der Waals surface area contributed by atoms with E-state index in [0.29, 0.717) is 12.1 Å². The highest BCUT2D eigenvalue weighted by molar-refractivity contribution is 9.10. The van der Waals surface area contributed by atoms with Crippen LogP contribution in [0, 0.1) is 6.92 Å². The Kier molecular flexibility index (Phi) is 4.54. The molecule has 0 bridgehead atoms. The van der Waals surface area contributed by atoms with Crippen LogP contribution >= 0.6 is 15.9 Å². The monoisotopic (exact) mass is 419 g/mol. The van der Waals surface area contributed by atoms with Crippen molar-refractivity contribution in [2.24, 2.45) is 0 Å². The summed E-state index contributed by atoms with van der Waals surface area (Å²) in [5.74, 6) is -0.0569. The molecular formula is C22H18BrN3O. The fourth-order valence-electron chi connectivity index (χ4n) is 3.35. The van der Waals surface area contributed by atoms with E-state index < -0.39 is 0 Å². The van der Waals surface area contributed by atoms with Crippen LogP contribution in [0.15, 0.2) is 71.7 Å². The minimum atomic E-state index is -0.0569. The van der Waals surface area contributed by atoms with Crippen LogP contribution in [0.25, 0.3) is 22.8 Å². The Morgan fingerprint density at radius 2 is 1.85 bits per heavy atom. The molecule has 0 aliphatic heterocycles. The van der Waals surface area contributed by atoms with E-state index in [2.05, 4.69) is 32.2 Å². The van der Waals surface area contributed by atoms with Crippen LogP contribution in [0.1, 0.15) is 21.6 Å². The Balaban J connectivity index is 1.85. The van der Waals surface area contributed by atoms with Crippen LogP contribution in [0.2, 0.25) is 0 Å². The number of rotatable bonds is 5. The lowest BCUT2D eigenvalue weighted by molar-refractivity contribution is 0.104. The van der Waals surface area contributed by atoms with Crippen LogP contribution in [-0.4, -0.2) is 20.0 Å². The fraction of sp³-hybridized carbons (Fsp3) is 0.0909. The normalized spacial score (nSPS) is 11.6. The first-order valence-corrected chi connectivity index (χ1v) is 9.45. The van der Waals surface area contributed by atoms with Gasteiger partial charge in [-0.05, 0) is 42.8 Å². The highest BCUT2D eigenvalue weighted by Gasteiger charge is 2.21. The Labute approximate surface area is 165 Å². The van der Waals surface area contributed by atoms with Gasteiger partial charge in [-0.15, -0.1) is 6.58 Å². The zero-order valence-electron chi connectivity index (χ0n) is 14.9. The number of carbonyl (C=O) groups is 1. The maximum absolute atomic E-state index is 13.0. The molecule has 4 rings (SSSR count). The van der Waals surface area contributed by atoms with Crippen LogP contribution in [0.5, 0.6) is 0 Å². The molecule has 134 valence electrons. The summed E-state index contributed by atoms with van der Waals surface area (Å²) < 4.78 is 4.95. The van der Waals surface area contributed by atoms with Crippen LogP contribution < -0.4 is 0 Å². The summed E-state index contributed by atoms with van der Waals surface area (Å²) in [7, 11) is 0. The molecule has 0 amide bonds. The third kappa shape index (κ3) is 3.04. The number of benzene rings is 2. The third-order valence-corrected chi connectivity index (χ3v) is 5.08. The van der Waals surface area contributed by atoms with Crippen molar-refractivity contribution in [3.63, 3.8) is 0 Å². The number of nitrogens with zero attached hydrogens (tertiary/aromatic N) is 3. The van der Waals surface area contributed by atoms with Gasteiger partial charge in [-0.25, -0.2) is 4.52 Å². The van der Waals surface area contributed by atoms with Gasteiger partial charge in [-0.1, -0.05) is 52.3 Å². The quantitative estimate of drug-likeness (QED) is 0.245. The summed E-state index contributed by atoms with van der Waals surface area (Å²) in [5.41, 5.74) is 5.14. The second kappa shape index (κ2) is 7.00. The lowest BCUT2D eigenvalue weighted by atomic mass is 10.1. The Hall–Kier alpha value is -2.92. The van der Waals surface area contributed by atoms with E-state index in [0.717, 1.165) is 32.4 Å². The first-order chi connectivity index (χ1) is 13.1. The van der Waals surface area contributed by atoms with E-state index in [1.54, 1.807) is 6.08 Å². The zero-order valence-corrected chi connectivity index (χ0v) is 16.5. The maximum atomic E-state index is 13.0. The lowest BCUT2D eigenvalue weighted by Gasteiger charge is -2.03. The standard InChI is InChI=1S/C22H18BrN3O/c1-3-14-25-18-6-4-5-7-19(18)26-22(25)21(15(2)24-26)20(27)13-10-16-8-11-17(23)12-9-16/h3-13H,1,14H2,2H3/b13-10+. The van der Waals surface area contributed by atoms with Gasteiger partial charge in [-0.3, -0.25) is 4.79 Å². The number of aryl methyl sites for hydroxylation is 1. The van der Waals surface area contributed by atoms with Gasteiger partial charge in [0.25, 0.3) is 0 Å². The highest BCUT2D eigenvalue weighted by atomic mass is 79.9. The summed E-state index contributed by atoms with van der Waals surface area (Å²) in [6.45, 7) is 6.35. The predicted octanol–water partition coefficient (Wildman–Crippen LogP) is 5.44. The molecule has 0 atom stereocenters. The molecule has 2 aromatic heterocycles. The van der Waals surface area contributed by atoms with Gasteiger partial charge in [0.1, 0.15) is 5.65 Å². The molecule has 2 aromatic carbocycles. The van der Waals surface area contributed by atoms with Crippen molar-refractivity contribution in [3.05, 3.63) is 88.6 Å². The Bertz CT molecular complexity index is 1200. The molecule has 0 unspecified atom stereocenters. The third-order valence-electron chi connectivity index (χ3n) is 4.55. The van der Waals surface area contributed by atoms with Gasteiger partial charge in [0.05, 0.1) is 22.3 Å². The van der Waals surface area contributed by atoms with Gasteiger partial charge in [0, 0.05) is 11.0 Å². The second-order valence-electron chi connectivity index (χ2n) is 6.33. The first kappa shape index (κ1) is 17.5. The van der Waals surface area contributed by atoms with Gasteiger partial charge in [0.2, 0.25) is 0 Å². The van der Waals surface area contributed by atoms with Crippen molar-refractivity contribution in [1.29, 1.82) is 0 Å². The molecule has 0 aliphatic carbocycles. The highest BCUT2D eigenvalue weighted by Crippen LogP contribution is 2.26. The van der Waals surface area contributed by atoms with Crippen molar-refractivity contribution in [2.45, 2.75) is 13.5 Å². The number of aromatic nitrogens is 3. The number of carbonyl (C=O) groups excluding carboxylic acids is 1. The molecule has 0 N–H and O–H groups in total. The van der Waals surface area contributed by atoms with Crippen molar-refractivity contribution in [3.8, 4) is 0 Å². The number of imidazole rings is 1. The molecule has 0 aliphatic rings. The van der Waals surface area contributed by atoms with Crippen LogP contribution in [0.3, 0.4) is 0 Å². The number of allylic oxidation sites excluding steroid dienone is 2. The van der Waals surface area contributed by atoms with Crippen molar-refractivity contribution >= 4 is 44.5 Å². The van der Waals surface area contributed by atoms with E-state index in [1.807, 2.05) is 72.1 Å². The average molecular weight is 420 g/mol. The molecule has 0 spiro atoms. The molecule has 5 heteroatoms. The van der Waals surface area contributed by atoms with Crippen molar-refractivity contribution < 1.29 is 4.79 Å². The average Bonchev–Trinajstić information content (AvgIpc) is 3.16. The number of para-hydroxylation sites is 2. The first-order valence-electron chi connectivity index (χ1n) is 8.65. The van der Waals surface area contributed by atoms with Gasteiger partial charge < -0.3 is 4.57 Å². The molecular weight excluding hydrogens is 402 g/mol. The zero-order chi connectivity index (χ0) is 19.0. The fourth-order valence-corrected chi connectivity index (χ4v) is 3.61. The van der Waals surface area contributed by atoms with Crippen molar-refractivity contribution in [2.75, 3.05) is 0 Å². The number of fused-ring (bicyclic) bond motifs is 3. The summed E-state index contributed by atoms with van der Waals surface area (Å²) >= 11 is 3.42. The van der Waals surface area contributed by atoms with Crippen LogP contribution in [0.4, 0.5) is 0 Å². The van der Waals surface area contributed by atoms with Gasteiger partial charge >= 0.3 is 0 Å².